The van der Waals surface area contributed by atoms with Crippen molar-refractivity contribution >= 4 is 11.8 Å². The molecule has 0 aromatic heterocycles. The molecular formula is C26H31F3N2O2. The minimum atomic E-state index is -4.42. The molecule has 0 spiro atoms. The van der Waals surface area contributed by atoms with Gasteiger partial charge >= 0.3 is 6.18 Å². The van der Waals surface area contributed by atoms with Gasteiger partial charge in [-0.05, 0) is 48.9 Å². The summed E-state index contributed by atoms with van der Waals surface area (Å²) >= 11 is 0. The lowest BCUT2D eigenvalue weighted by Gasteiger charge is -2.32. The number of carbonyl (C=O) groups is 2. The molecule has 1 fully saturated rings. The fourth-order valence-electron chi connectivity index (χ4n) is 4.28. The maximum atomic E-state index is 13.1. The third kappa shape index (κ3) is 7.07. The second-order valence-electron chi connectivity index (χ2n) is 8.61. The molecular weight excluding hydrogens is 429 g/mol. The van der Waals surface area contributed by atoms with Crippen molar-refractivity contribution in [3.05, 3.63) is 71.3 Å². The molecule has 0 saturated carbocycles. The lowest BCUT2D eigenvalue weighted by atomic mass is 9.93. The summed E-state index contributed by atoms with van der Waals surface area (Å²) in [5.41, 5.74) is 0.878. The van der Waals surface area contributed by atoms with Gasteiger partial charge in [-0.1, -0.05) is 55.8 Å². The van der Waals surface area contributed by atoms with Gasteiger partial charge in [0.05, 0.1) is 11.6 Å². The molecule has 1 aliphatic rings. The van der Waals surface area contributed by atoms with Gasteiger partial charge in [0.1, 0.15) is 0 Å². The lowest BCUT2D eigenvalue weighted by Crippen LogP contribution is -2.43. The molecule has 2 aromatic rings. The zero-order chi connectivity index (χ0) is 23.8. The number of alkyl halides is 3. The van der Waals surface area contributed by atoms with E-state index in [0.717, 1.165) is 24.1 Å². The summed E-state index contributed by atoms with van der Waals surface area (Å²) in [6.45, 7) is 2.98. The van der Waals surface area contributed by atoms with E-state index >= 15 is 0 Å². The van der Waals surface area contributed by atoms with Crippen LogP contribution in [-0.4, -0.2) is 29.8 Å². The summed E-state index contributed by atoms with van der Waals surface area (Å²) < 4.78 is 39.3. The van der Waals surface area contributed by atoms with E-state index in [2.05, 4.69) is 5.32 Å². The minimum absolute atomic E-state index is 0.0885. The molecule has 1 saturated heterocycles. The van der Waals surface area contributed by atoms with Crippen molar-refractivity contribution in [1.29, 1.82) is 0 Å². The maximum Gasteiger partial charge on any atom is 0.416 e. The molecule has 1 unspecified atom stereocenters. The minimum Gasteiger partial charge on any atom is -0.349 e. The Balaban J connectivity index is 1.53. The van der Waals surface area contributed by atoms with E-state index < -0.39 is 17.8 Å². The Morgan fingerprint density at radius 1 is 1.06 bits per heavy atom. The van der Waals surface area contributed by atoms with E-state index in [1.807, 2.05) is 42.2 Å². The van der Waals surface area contributed by atoms with Crippen LogP contribution in [0.1, 0.15) is 61.8 Å². The number of hydrogen-bond donors (Lipinski definition) is 1. The lowest BCUT2D eigenvalue weighted by molar-refractivity contribution is -0.137. The van der Waals surface area contributed by atoms with Crippen LogP contribution in [0.4, 0.5) is 13.2 Å². The van der Waals surface area contributed by atoms with Crippen molar-refractivity contribution in [3.8, 4) is 0 Å². The Bertz CT molecular complexity index is 923. The van der Waals surface area contributed by atoms with E-state index in [0.29, 0.717) is 50.8 Å². The molecule has 1 aliphatic heterocycles. The van der Waals surface area contributed by atoms with Crippen molar-refractivity contribution in [2.45, 2.75) is 57.7 Å². The van der Waals surface area contributed by atoms with Gasteiger partial charge in [0.15, 0.2) is 0 Å². The standard InChI is InChI=1S/C26H31F3N2O2/c1-2-7-23(21-10-6-11-22(18-21)26(27,28)29)30-25(33)20-14-16-31(17-15-20)24(32)13-12-19-8-4-3-5-9-19/h3-6,8-11,18,20,23H,2,7,12-17H2,1H3,(H,30,33). The molecule has 7 heteroatoms. The zero-order valence-electron chi connectivity index (χ0n) is 18.9. The predicted octanol–water partition coefficient (Wildman–Crippen LogP) is 5.53. The van der Waals surface area contributed by atoms with Crippen LogP contribution >= 0.6 is 0 Å². The first-order valence-electron chi connectivity index (χ1n) is 11.6. The van der Waals surface area contributed by atoms with Crippen LogP contribution in [-0.2, 0) is 22.2 Å². The molecule has 1 atom stereocenters. The zero-order valence-corrected chi connectivity index (χ0v) is 18.9. The van der Waals surface area contributed by atoms with Gasteiger partial charge in [-0.3, -0.25) is 9.59 Å². The Kier molecular flexibility index (Phi) is 8.53. The Hall–Kier alpha value is -2.83. The van der Waals surface area contributed by atoms with Gasteiger partial charge in [-0.25, -0.2) is 0 Å². The number of benzene rings is 2. The molecule has 178 valence electrons. The van der Waals surface area contributed by atoms with Crippen LogP contribution in [0.5, 0.6) is 0 Å². The second kappa shape index (κ2) is 11.3. The average molecular weight is 461 g/mol. The smallest absolute Gasteiger partial charge is 0.349 e. The van der Waals surface area contributed by atoms with Gasteiger partial charge in [0, 0.05) is 25.4 Å². The first-order valence-corrected chi connectivity index (χ1v) is 11.6. The monoisotopic (exact) mass is 460 g/mol. The largest absolute Gasteiger partial charge is 0.416 e. The molecule has 4 nitrogen and oxygen atoms in total. The number of rotatable bonds is 8. The van der Waals surface area contributed by atoms with Crippen molar-refractivity contribution < 1.29 is 22.8 Å². The molecule has 0 radical (unpaired) electrons. The van der Waals surface area contributed by atoms with Gasteiger partial charge in [-0.2, -0.15) is 13.2 Å². The average Bonchev–Trinajstić information content (AvgIpc) is 2.82. The SMILES string of the molecule is CCCC(NC(=O)C1CCN(C(=O)CCc2ccccc2)CC1)c1cccc(C(F)(F)F)c1. The molecule has 1 N–H and O–H groups in total. The van der Waals surface area contributed by atoms with Gasteiger partial charge in [0.2, 0.25) is 11.8 Å². The summed E-state index contributed by atoms with van der Waals surface area (Å²) in [7, 11) is 0. The van der Waals surface area contributed by atoms with Crippen molar-refractivity contribution in [2.24, 2.45) is 5.92 Å². The topological polar surface area (TPSA) is 49.4 Å². The van der Waals surface area contributed by atoms with Gasteiger partial charge < -0.3 is 10.2 Å². The molecule has 33 heavy (non-hydrogen) atoms. The van der Waals surface area contributed by atoms with Crippen molar-refractivity contribution in [1.82, 2.24) is 10.2 Å². The summed E-state index contributed by atoms with van der Waals surface area (Å²) in [6, 6.07) is 14.6. The Labute approximate surface area is 193 Å². The highest BCUT2D eigenvalue weighted by Crippen LogP contribution is 2.32. The third-order valence-electron chi connectivity index (χ3n) is 6.20. The van der Waals surface area contributed by atoms with Crippen molar-refractivity contribution in [3.63, 3.8) is 0 Å². The number of carbonyl (C=O) groups excluding carboxylic acids is 2. The first kappa shape index (κ1) is 24.8. The summed E-state index contributed by atoms with van der Waals surface area (Å²) in [4.78, 5) is 27.2. The number of piperidine rings is 1. The Morgan fingerprint density at radius 2 is 1.76 bits per heavy atom. The molecule has 3 rings (SSSR count). The van der Waals surface area contributed by atoms with E-state index in [9.17, 15) is 22.8 Å². The summed E-state index contributed by atoms with van der Waals surface area (Å²) in [5.74, 6) is -0.305. The van der Waals surface area contributed by atoms with Crippen LogP contribution in [0, 0.1) is 5.92 Å². The van der Waals surface area contributed by atoms with E-state index in [1.165, 1.54) is 6.07 Å². The van der Waals surface area contributed by atoms with Crippen LogP contribution < -0.4 is 5.32 Å². The highest BCUT2D eigenvalue weighted by atomic mass is 19.4. The number of nitrogens with one attached hydrogen (secondary N) is 1. The quantitative estimate of drug-likeness (QED) is 0.563. The number of aryl methyl sites for hydroxylation is 1. The maximum absolute atomic E-state index is 13.1. The Morgan fingerprint density at radius 3 is 2.39 bits per heavy atom. The fraction of sp³-hybridized carbons (Fsp3) is 0.462. The van der Waals surface area contributed by atoms with Crippen LogP contribution in [0.3, 0.4) is 0 Å². The van der Waals surface area contributed by atoms with E-state index in [1.54, 1.807) is 6.07 Å². The summed E-state index contributed by atoms with van der Waals surface area (Å²) in [6.07, 6.45) is -0.879. The molecule has 2 amide bonds. The number of halogens is 3. The number of amides is 2. The first-order chi connectivity index (χ1) is 15.8. The van der Waals surface area contributed by atoms with E-state index in [-0.39, 0.29) is 17.7 Å². The van der Waals surface area contributed by atoms with Crippen LogP contribution in [0.2, 0.25) is 0 Å². The highest BCUT2D eigenvalue weighted by molar-refractivity contribution is 5.80. The van der Waals surface area contributed by atoms with E-state index in [4.69, 9.17) is 0 Å². The van der Waals surface area contributed by atoms with Gasteiger partial charge in [0.25, 0.3) is 0 Å². The second-order valence-corrected chi connectivity index (χ2v) is 8.61. The number of hydrogen-bond acceptors (Lipinski definition) is 2. The molecule has 1 heterocycles. The highest BCUT2D eigenvalue weighted by Gasteiger charge is 2.32. The normalized spacial score (nSPS) is 15.8. The van der Waals surface area contributed by atoms with Crippen molar-refractivity contribution in [2.75, 3.05) is 13.1 Å². The van der Waals surface area contributed by atoms with Crippen LogP contribution in [0.25, 0.3) is 0 Å². The summed E-state index contributed by atoms with van der Waals surface area (Å²) in [5, 5.41) is 2.96. The number of likely N-dealkylation sites (tertiary alicyclic amines) is 1. The molecule has 2 aromatic carbocycles. The molecule has 0 aliphatic carbocycles. The third-order valence-corrected chi connectivity index (χ3v) is 6.20. The fourth-order valence-corrected chi connectivity index (χ4v) is 4.28. The van der Waals surface area contributed by atoms with Crippen LogP contribution in [0.15, 0.2) is 54.6 Å². The molecule has 0 bridgehead atoms. The predicted molar refractivity (Wildman–Crippen MR) is 121 cm³/mol. The van der Waals surface area contributed by atoms with Gasteiger partial charge in [-0.15, -0.1) is 0 Å². The number of nitrogens with zero attached hydrogens (tertiary/aromatic N) is 1.